The van der Waals surface area contributed by atoms with Crippen molar-refractivity contribution in [3.63, 3.8) is 0 Å². The van der Waals surface area contributed by atoms with E-state index in [1.807, 2.05) is 31.2 Å². The molecule has 0 spiro atoms. The minimum Gasteiger partial charge on any atom is -0.490 e. The lowest BCUT2D eigenvalue weighted by molar-refractivity contribution is 0.201. The first-order valence-corrected chi connectivity index (χ1v) is 6.74. The number of nitrogens with zero attached hydrogens (tertiary/aromatic N) is 1. The van der Waals surface area contributed by atoms with Gasteiger partial charge in [-0.15, -0.1) is 0 Å². The number of aliphatic hydroxyl groups is 1. The molecule has 0 aromatic heterocycles. The van der Waals surface area contributed by atoms with Gasteiger partial charge in [-0.05, 0) is 37.1 Å². The molecule has 0 radical (unpaired) electrons. The summed E-state index contributed by atoms with van der Waals surface area (Å²) in [5.74, 6) is 0.799. The average molecular weight is 260 g/mol. The monoisotopic (exact) mass is 260 g/mol. The molecule has 2 atom stereocenters. The van der Waals surface area contributed by atoms with Crippen LogP contribution in [-0.2, 0) is 6.61 Å². The summed E-state index contributed by atoms with van der Waals surface area (Å²) in [6.45, 7) is 2.86. The zero-order chi connectivity index (χ0) is 13.7. The Morgan fingerprint density at radius 2 is 2.21 bits per heavy atom. The van der Waals surface area contributed by atoms with Crippen molar-refractivity contribution in [1.29, 1.82) is 5.26 Å². The van der Waals surface area contributed by atoms with Gasteiger partial charge >= 0.3 is 0 Å². The second-order valence-corrected chi connectivity index (χ2v) is 5.01. The molecule has 1 aromatic rings. The molecule has 0 bridgehead atoms. The fourth-order valence-corrected chi connectivity index (χ4v) is 2.61. The summed E-state index contributed by atoms with van der Waals surface area (Å²) in [6, 6.07) is 9.83. The van der Waals surface area contributed by atoms with Crippen LogP contribution in [0, 0.1) is 11.3 Å². The highest BCUT2D eigenvalue weighted by Crippen LogP contribution is 2.32. The lowest BCUT2D eigenvalue weighted by Crippen LogP contribution is -2.42. The molecule has 1 aliphatic carbocycles. The van der Waals surface area contributed by atoms with Crippen LogP contribution in [0.25, 0.3) is 0 Å². The zero-order valence-corrected chi connectivity index (χ0v) is 11.2. The van der Waals surface area contributed by atoms with Crippen molar-refractivity contribution in [2.45, 2.75) is 44.4 Å². The van der Waals surface area contributed by atoms with Crippen molar-refractivity contribution in [1.82, 2.24) is 5.32 Å². The molecular weight excluding hydrogens is 240 g/mol. The first kappa shape index (κ1) is 13.9. The van der Waals surface area contributed by atoms with Crippen LogP contribution in [0.3, 0.4) is 0 Å². The number of aliphatic hydroxyl groups excluding tert-OH is 1. The summed E-state index contributed by atoms with van der Waals surface area (Å²) in [5.41, 5.74) is 0.447. The summed E-state index contributed by atoms with van der Waals surface area (Å²) in [6.07, 6.45) is 2.52. The third kappa shape index (κ3) is 3.25. The highest BCUT2D eigenvalue weighted by molar-refractivity contribution is 5.27. The molecule has 19 heavy (non-hydrogen) atoms. The summed E-state index contributed by atoms with van der Waals surface area (Å²) < 4.78 is 5.91. The van der Waals surface area contributed by atoms with Gasteiger partial charge in [-0.2, -0.15) is 5.26 Å². The Bertz CT molecular complexity index is 452. The molecule has 0 heterocycles. The lowest BCUT2D eigenvalue weighted by Gasteiger charge is -2.22. The van der Waals surface area contributed by atoms with E-state index in [0.29, 0.717) is 0 Å². The van der Waals surface area contributed by atoms with Crippen LogP contribution >= 0.6 is 0 Å². The van der Waals surface area contributed by atoms with Crippen LogP contribution in [0.15, 0.2) is 24.3 Å². The summed E-state index contributed by atoms with van der Waals surface area (Å²) in [4.78, 5) is 0. The van der Waals surface area contributed by atoms with Gasteiger partial charge in [-0.1, -0.05) is 19.1 Å². The Morgan fingerprint density at radius 1 is 1.47 bits per heavy atom. The van der Waals surface area contributed by atoms with Crippen LogP contribution in [-0.4, -0.2) is 23.3 Å². The fourth-order valence-electron chi connectivity index (χ4n) is 2.61. The van der Waals surface area contributed by atoms with Crippen molar-refractivity contribution in [2.75, 3.05) is 6.54 Å². The molecule has 1 aromatic carbocycles. The molecular formula is C15H20N2O2. The molecule has 0 amide bonds. The van der Waals surface area contributed by atoms with E-state index < -0.39 is 5.54 Å². The maximum absolute atomic E-state index is 9.30. The lowest BCUT2D eigenvalue weighted by atomic mass is 10.00. The number of nitriles is 1. The summed E-state index contributed by atoms with van der Waals surface area (Å²) in [5, 5.41) is 21.6. The molecule has 2 unspecified atom stereocenters. The largest absolute Gasteiger partial charge is 0.490 e. The molecule has 0 saturated heterocycles. The predicted octanol–water partition coefficient (Wildman–Crippen LogP) is 1.98. The number of benzene rings is 1. The van der Waals surface area contributed by atoms with E-state index in [4.69, 9.17) is 9.84 Å². The molecule has 4 heteroatoms. The summed E-state index contributed by atoms with van der Waals surface area (Å²) in [7, 11) is 0. The first-order valence-electron chi connectivity index (χ1n) is 6.74. The van der Waals surface area contributed by atoms with Gasteiger partial charge in [-0.3, -0.25) is 5.32 Å². The molecule has 2 N–H and O–H groups in total. The van der Waals surface area contributed by atoms with E-state index in [1.54, 1.807) is 0 Å². The average Bonchev–Trinajstić information content (AvgIpc) is 2.84. The van der Waals surface area contributed by atoms with Crippen molar-refractivity contribution in [2.24, 2.45) is 0 Å². The van der Waals surface area contributed by atoms with E-state index in [9.17, 15) is 5.26 Å². The maximum Gasteiger partial charge on any atom is 0.119 e. The molecule has 1 aliphatic rings. The normalized spacial score (nSPS) is 26.1. The molecule has 0 aliphatic heterocycles. The molecule has 1 saturated carbocycles. The van der Waals surface area contributed by atoms with Gasteiger partial charge in [0.2, 0.25) is 0 Å². The standard InChI is InChI=1S/C15H20N2O2/c1-2-17-15(11-16)8-7-14(9-15)19-13-5-3-12(10-18)4-6-13/h3-6,14,17-18H,2,7-10H2,1H3. The van der Waals surface area contributed by atoms with Gasteiger partial charge in [-0.25, -0.2) is 0 Å². The van der Waals surface area contributed by atoms with Crippen molar-refractivity contribution >= 4 is 0 Å². The van der Waals surface area contributed by atoms with Gasteiger partial charge in [0.1, 0.15) is 17.4 Å². The summed E-state index contributed by atoms with van der Waals surface area (Å²) >= 11 is 0. The van der Waals surface area contributed by atoms with E-state index in [0.717, 1.165) is 37.1 Å². The smallest absolute Gasteiger partial charge is 0.119 e. The van der Waals surface area contributed by atoms with E-state index in [2.05, 4.69) is 11.4 Å². The maximum atomic E-state index is 9.30. The second kappa shape index (κ2) is 6.05. The number of ether oxygens (including phenoxy) is 1. The Kier molecular flexibility index (Phi) is 4.41. The predicted molar refractivity (Wildman–Crippen MR) is 72.7 cm³/mol. The molecule has 4 nitrogen and oxygen atoms in total. The Balaban J connectivity index is 1.96. The van der Waals surface area contributed by atoms with Crippen LogP contribution in [0.2, 0.25) is 0 Å². The molecule has 2 rings (SSSR count). The van der Waals surface area contributed by atoms with Gasteiger partial charge in [0.25, 0.3) is 0 Å². The molecule has 1 fully saturated rings. The van der Waals surface area contributed by atoms with Crippen LogP contribution in [0.4, 0.5) is 0 Å². The van der Waals surface area contributed by atoms with E-state index >= 15 is 0 Å². The minimum absolute atomic E-state index is 0.0433. The topological polar surface area (TPSA) is 65.3 Å². The van der Waals surface area contributed by atoms with Crippen LogP contribution < -0.4 is 10.1 Å². The Hall–Kier alpha value is -1.57. The number of nitrogens with one attached hydrogen (secondary N) is 1. The number of hydrogen-bond donors (Lipinski definition) is 2. The third-order valence-electron chi connectivity index (χ3n) is 3.61. The second-order valence-electron chi connectivity index (χ2n) is 5.01. The SMILES string of the molecule is CCNC1(C#N)CCC(Oc2ccc(CO)cc2)C1. The van der Waals surface area contributed by atoms with Crippen LogP contribution in [0.1, 0.15) is 31.7 Å². The third-order valence-corrected chi connectivity index (χ3v) is 3.61. The Morgan fingerprint density at radius 3 is 2.79 bits per heavy atom. The minimum atomic E-state index is -0.426. The van der Waals surface area contributed by atoms with Gasteiger partial charge in [0.15, 0.2) is 0 Å². The highest BCUT2D eigenvalue weighted by Gasteiger charge is 2.39. The van der Waals surface area contributed by atoms with E-state index in [1.165, 1.54) is 0 Å². The van der Waals surface area contributed by atoms with E-state index in [-0.39, 0.29) is 12.7 Å². The van der Waals surface area contributed by atoms with Gasteiger partial charge in [0, 0.05) is 6.42 Å². The molecule has 102 valence electrons. The number of rotatable bonds is 5. The van der Waals surface area contributed by atoms with Crippen molar-refractivity contribution in [3.8, 4) is 11.8 Å². The van der Waals surface area contributed by atoms with Gasteiger partial charge < -0.3 is 9.84 Å². The first-order chi connectivity index (χ1) is 9.21. The van der Waals surface area contributed by atoms with Crippen LogP contribution in [0.5, 0.6) is 5.75 Å². The zero-order valence-electron chi connectivity index (χ0n) is 11.2. The van der Waals surface area contributed by atoms with Gasteiger partial charge in [0.05, 0.1) is 12.7 Å². The number of hydrogen-bond acceptors (Lipinski definition) is 4. The quantitative estimate of drug-likeness (QED) is 0.849. The highest BCUT2D eigenvalue weighted by atomic mass is 16.5. The van der Waals surface area contributed by atoms with Crippen molar-refractivity contribution < 1.29 is 9.84 Å². The fraction of sp³-hybridized carbons (Fsp3) is 0.533. The Labute approximate surface area is 114 Å². The van der Waals surface area contributed by atoms with Crippen molar-refractivity contribution in [3.05, 3.63) is 29.8 Å².